The maximum absolute atomic E-state index is 12.4. The first kappa shape index (κ1) is 17.1. The number of aliphatic hydroxyl groups is 1. The first-order valence-corrected chi connectivity index (χ1v) is 8.52. The average molecular weight is 349 g/mol. The molecular formula is C18H23NO6. The van der Waals surface area contributed by atoms with Crippen molar-refractivity contribution < 1.29 is 28.8 Å². The summed E-state index contributed by atoms with van der Waals surface area (Å²) in [6.07, 6.45) is -1.42. The largest absolute Gasteiger partial charge is 0.393 e. The molecule has 3 fully saturated rings. The Hall–Kier alpha value is -1.35. The van der Waals surface area contributed by atoms with Gasteiger partial charge in [-0.25, -0.2) is 0 Å². The summed E-state index contributed by atoms with van der Waals surface area (Å²) in [4.78, 5) is 12.4. The first-order chi connectivity index (χ1) is 11.9. The van der Waals surface area contributed by atoms with E-state index in [0.29, 0.717) is 5.56 Å². The topological polar surface area (TPSA) is 86.3 Å². The van der Waals surface area contributed by atoms with E-state index < -0.39 is 23.8 Å². The van der Waals surface area contributed by atoms with Gasteiger partial charge in [-0.05, 0) is 13.8 Å². The van der Waals surface area contributed by atoms with Crippen molar-refractivity contribution in [3.8, 4) is 0 Å². The number of benzene rings is 1. The van der Waals surface area contributed by atoms with Gasteiger partial charge in [0.05, 0.1) is 25.8 Å². The number of rotatable bonds is 5. The van der Waals surface area contributed by atoms with Crippen molar-refractivity contribution in [1.29, 1.82) is 0 Å². The van der Waals surface area contributed by atoms with Gasteiger partial charge in [-0.3, -0.25) is 10.1 Å². The van der Waals surface area contributed by atoms with Crippen molar-refractivity contribution >= 4 is 5.78 Å². The molecule has 0 spiro atoms. The first-order valence-electron chi connectivity index (χ1n) is 8.52. The molecule has 3 saturated heterocycles. The third kappa shape index (κ3) is 2.91. The van der Waals surface area contributed by atoms with Crippen molar-refractivity contribution in [3.63, 3.8) is 0 Å². The molecule has 0 aromatic heterocycles. The molecule has 25 heavy (non-hydrogen) atoms. The van der Waals surface area contributed by atoms with Crippen LogP contribution < -0.4 is 5.32 Å². The standard InChI is InChI=1S/C18H23NO6/c1-17(2)23-14-13(19-8-12(21)11-6-4-3-5-7-11)16-22-10-18(9-20,25-16)15(14)24-17/h3-7,13-16,19-20H,8-10H2,1-2H3/t13-,14+,15+,16?,18-/m0/s1. The second kappa shape index (κ2) is 6.12. The van der Waals surface area contributed by atoms with Gasteiger partial charge in [0.2, 0.25) is 0 Å². The van der Waals surface area contributed by atoms with Crippen LogP contribution in [-0.2, 0) is 18.9 Å². The predicted octanol–water partition coefficient (Wildman–Crippen LogP) is 0.465. The Morgan fingerprint density at radius 3 is 2.72 bits per heavy atom. The van der Waals surface area contributed by atoms with Gasteiger partial charge in [0.25, 0.3) is 0 Å². The van der Waals surface area contributed by atoms with E-state index in [9.17, 15) is 9.90 Å². The molecule has 5 atom stereocenters. The van der Waals surface area contributed by atoms with E-state index in [4.69, 9.17) is 18.9 Å². The molecule has 7 nitrogen and oxygen atoms in total. The second-order valence-corrected chi connectivity index (χ2v) is 7.24. The zero-order chi connectivity index (χ0) is 17.7. The van der Waals surface area contributed by atoms with Gasteiger partial charge >= 0.3 is 0 Å². The van der Waals surface area contributed by atoms with Crippen LogP contribution in [0.15, 0.2) is 30.3 Å². The summed E-state index contributed by atoms with van der Waals surface area (Å²) < 4.78 is 23.7. The normalized spacial score (nSPS) is 38.5. The maximum atomic E-state index is 12.4. The summed E-state index contributed by atoms with van der Waals surface area (Å²) in [5.74, 6) is -0.804. The molecule has 3 aliphatic rings. The van der Waals surface area contributed by atoms with Crippen LogP contribution >= 0.6 is 0 Å². The Labute approximate surface area is 146 Å². The van der Waals surface area contributed by atoms with Gasteiger partial charge in [-0.1, -0.05) is 30.3 Å². The molecular weight excluding hydrogens is 326 g/mol. The minimum atomic E-state index is -0.912. The van der Waals surface area contributed by atoms with Gasteiger partial charge in [0.15, 0.2) is 17.9 Å². The van der Waals surface area contributed by atoms with Gasteiger partial charge in [0, 0.05) is 5.56 Å². The summed E-state index contributed by atoms with van der Waals surface area (Å²) >= 11 is 0. The van der Waals surface area contributed by atoms with Crippen LogP contribution in [0.5, 0.6) is 0 Å². The third-order valence-electron chi connectivity index (χ3n) is 5.00. The molecule has 7 heteroatoms. The lowest BCUT2D eigenvalue weighted by Gasteiger charge is -2.41. The number of hydrogen-bond acceptors (Lipinski definition) is 7. The van der Waals surface area contributed by atoms with Gasteiger partial charge in [0.1, 0.15) is 17.8 Å². The van der Waals surface area contributed by atoms with Crippen molar-refractivity contribution in [2.75, 3.05) is 19.8 Å². The summed E-state index contributed by atoms with van der Waals surface area (Å²) in [5, 5.41) is 13.0. The van der Waals surface area contributed by atoms with Crippen molar-refractivity contribution in [2.24, 2.45) is 0 Å². The van der Waals surface area contributed by atoms with Crippen LogP contribution in [0.2, 0.25) is 0 Å². The fourth-order valence-corrected chi connectivity index (χ4v) is 3.78. The van der Waals surface area contributed by atoms with Crippen LogP contribution in [0.4, 0.5) is 0 Å². The summed E-state index contributed by atoms with van der Waals surface area (Å²) in [7, 11) is 0. The molecule has 0 amide bonds. The lowest BCUT2D eigenvalue weighted by Crippen LogP contribution is -2.65. The average Bonchev–Trinajstić information content (AvgIpc) is 3.15. The zero-order valence-corrected chi connectivity index (χ0v) is 14.3. The number of ketones is 1. The number of nitrogens with one attached hydrogen (secondary N) is 1. The maximum Gasteiger partial charge on any atom is 0.176 e. The molecule has 1 unspecified atom stereocenters. The minimum Gasteiger partial charge on any atom is -0.393 e. The number of carbonyl (C=O) groups is 1. The fourth-order valence-electron chi connectivity index (χ4n) is 3.78. The number of Topliss-reactive ketones (excluding diaryl/α,β-unsaturated/α-hetero) is 1. The van der Waals surface area contributed by atoms with E-state index in [0.717, 1.165) is 0 Å². The lowest BCUT2D eigenvalue weighted by atomic mass is 9.88. The van der Waals surface area contributed by atoms with E-state index in [1.807, 2.05) is 32.0 Å². The van der Waals surface area contributed by atoms with E-state index >= 15 is 0 Å². The van der Waals surface area contributed by atoms with Gasteiger partial charge in [-0.15, -0.1) is 0 Å². The number of aliphatic hydroxyl groups excluding tert-OH is 1. The lowest BCUT2D eigenvalue weighted by molar-refractivity contribution is -0.207. The van der Waals surface area contributed by atoms with Crippen LogP contribution in [-0.4, -0.2) is 66.6 Å². The Bertz CT molecular complexity index is 650. The van der Waals surface area contributed by atoms with Crippen LogP contribution in [0.25, 0.3) is 0 Å². The Morgan fingerprint density at radius 2 is 2.00 bits per heavy atom. The predicted molar refractivity (Wildman–Crippen MR) is 87.0 cm³/mol. The Kier molecular flexibility index (Phi) is 4.18. The number of ether oxygens (including phenoxy) is 4. The molecule has 2 bridgehead atoms. The second-order valence-electron chi connectivity index (χ2n) is 7.24. The fraction of sp³-hybridized carbons (Fsp3) is 0.611. The van der Waals surface area contributed by atoms with Crippen LogP contribution in [0, 0.1) is 0 Å². The van der Waals surface area contributed by atoms with E-state index in [1.54, 1.807) is 12.1 Å². The van der Waals surface area contributed by atoms with Gasteiger partial charge in [-0.2, -0.15) is 0 Å². The van der Waals surface area contributed by atoms with Gasteiger partial charge < -0.3 is 24.1 Å². The van der Waals surface area contributed by atoms with Crippen molar-refractivity contribution in [3.05, 3.63) is 35.9 Å². The molecule has 0 saturated carbocycles. The summed E-state index contributed by atoms with van der Waals surface area (Å²) in [6.45, 7) is 3.82. The number of carbonyl (C=O) groups excluding carboxylic acids is 1. The molecule has 3 heterocycles. The quantitative estimate of drug-likeness (QED) is 0.747. The molecule has 136 valence electrons. The van der Waals surface area contributed by atoms with Crippen LogP contribution in [0.1, 0.15) is 24.2 Å². The van der Waals surface area contributed by atoms with Crippen molar-refractivity contribution in [1.82, 2.24) is 5.32 Å². The highest BCUT2D eigenvalue weighted by molar-refractivity contribution is 5.97. The zero-order valence-electron chi connectivity index (χ0n) is 14.3. The summed E-state index contributed by atoms with van der Waals surface area (Å²) in [5.41, 5.74) is -0.269. The Balaban J connectivity index is 1.51. The molecule has 1 aromatic carbocycles. The third-order valence-corrected chi connectivity index (χ3v) is 5.00. The van der Waals surface area contributed by atoms with E-state index in [2.05, 4.69) is 5.32 Å². The minimum absolute atomic E-state index is 0.0210. The highest BCUT2D eigenvalue weighted by Gasteiger charge is 2.65. The molecule has 0 aliphatic carbocycles. The van der Waals surface area contributed by atoms with Crippen molar-refractivity contribution in [2.45, 2.75) is 49.8 Å². The van der Waals surface area contributed by atoms with E-state index in [-0.39, 0.29) is 37.7 Å². The highest BCUT2D eigenvalue weighted by atomic mass is 16.8. The SMILES string of the molecule is CC1(C)O[C@@H]2[C@H](NCC(=O)c3ccccc3)C3OC[C@](CO)(O3)[C@@H]2O1. The summed E-state index contributed by atoms with van der Waals surface area (Å²) in [6, 6.07) is 8.74. The molecule has 3 aliphatic heterocycles. The molecule has 4 rings (SSSR count). The Morgan fingerprint density at radius 1 is 1.24 bits per heavy atom. The van der Waals surface area contributed by atoms with E-state index in [1.165, 1.54) is 0 Å². The highest BCUT2D eigenvalue weighted by Crippen LogP contribution is 2.45. The van der Waals surface area contributed by atoms with Crippen LogP contribution in [0.3, 0.4) is 0 Å². The monoisotopic (exact) mass is 349 g/mol. The number of fused-ring (bicyclic) bond motifs is 4. The molecule has 2 N–H and O–H groups in total. The molecule has 0 radical (unpaired) electrons. The number of hydrogen-bond donors (Lipinski definition) is 2. The molecule has 1 aromatic rings. The smallest absolute Gasteiger partial charge is 0.176 e.